The second kappa shape index (κ2) is 5.92. The van der Waals surface area contributed by atoms with Gasteiger partial charge in [-0.1, -0.05) is 0 Å². The van der Waals surface area contributed by atoms with Gasteiger partial charge in [0.15, 0.2) is 5.03 Å². The number of hydrogen-bond donors (Lipinski definition) is 2. The molecule has 0 bridgehead atoms. The summed E-state index contributed by atoms with van der Waals surface area (Å²) in [5, 5.41) is 14.8. The Morgan fingerprint density at radius 2 is 2.18 bits per heavy atom. The van der Waals surface area contributed by atoms with Gasteiger partial charge >= 0.3 is 0 Å². The molecule has 7 nitrogen and oxygen atoms in total. The van der Waals surface area contributed by atoms with E-state index >= 15 is 0 Å². The molecule has 0 spiro atoms. The van der Waals surface area contributed by atoms with Crippen molar-refractivity contribution in [3.8, 4) is 0 Å². The van der Waals surface area contributed by atoms with Gasteiger partial charge in [-0.2, -0.15) is 5.10 Å². The highest BCUT2D eigenvalue weighted by atomic mass is 32.2. The van der Waals surface area contributed by atoms with Crippen LogP contribution in [0.5, 0.6) is 0 Å². The molecule has 1 saturated heterocycles. The number of rotatable bonds is 5. The molecule has 1 aromatic rings. The number of hydrogen-bond acceptors (Lipinski definition) is 5. The summed E-state index contributed by atoms with van der Waals surface area (Å²) in [5.74, 6) is 0. The fourth-order valence-corrected chi connectivity index (χ4v) is 4.71. The van der Waals surface area contributed by atoms with Crippen molar-refractivity contribution in [2.24, 2.45) is 7.05 Å². The zero-order chi connectivity index (χ0) is 15.8. The normalized spacial score (nSPS) is 25.4. The molecule has 1 unspecified atom stereocenters. The van der Waals surface area contributed by atoms with Crippen molar-refractivity contribution < 1.29 is 18.3 Å². The molecule has 22 heavy (non-hydrogen) atoms. The van der Waals surface area contributed by atoms with E-state index in [0.29, 0.717) is 19.4 Å². The Bertz CT molecular complexity index is 647. The van der Waals surface area contributed by atoms with Crippen molar-refractivity contribution in [2.45, 2.75) is 49.2 Å². The van der Waals surface area contributed by atoms with Crippen molar-refractivity contribution in [3.63, 3.8) is 0 Å². The molecule has 3 rings (SSSR count). The molecule has 0 saturated carbocycles. The zero-order valence-corrected chi connectivity index (χ0v) is 13.7. The van der Waals surface area contributed by atoms with Gasteiger partial charge in [0.1, 0.15) is 0 Å². The van der Waals surface area contributed by atoms with E-state index in [1.807, 2.05) is 0 Å². The molecular weight excluding hydrogens is 306 g/mol. The fourth-order valence-electron chi connectivity index (χ4n) is 3.27. The summed E-state index contributed by atoms with van der Waals surface area (Å²) >= 11 is 0. The molecule has 1 aliphatic heterocycles. The first-order valence-corrected chi connectivity index (χ1v) is 9.24. The number of aromatic nitrogens is 2. The summed E-state index contributed by atoms with van der Waals surface area (Å²) < 4.78 is 34.4. The summed E-state index contributed by atoms with van der Waals surface area (Å²) in [4.78, 5) is 0. The molecule has 2 heterocycles. The summed E-state index contributed by atoms with van der Waals surface area (Å²) in [6.07, 6.45) is 4.57. The first kappa shape index (κ1) is 15.9. The van der Waals surface area contributed by atoms with Crippen molar-refractivity contribution in [1.29, 1.82) is 0 Å². The minimum Gasteiger partial charge on any atom is -0.387 e. The Balaban J connectivity index is 1.72. The van der Waals surface area contributed by atoms with Gasteiger partial charge in [-0.15, -0.1) is 0 Å². The van der Waals surface area contributed by atoms with E-state index in [0.717, 1.165) is 36.9 Å². The highest BCUT2D eigenvalue weighted by molar-refractivity contribution is 7.89. The van der Waals surface area contributed by atoms with Gasteiger partial charge in [-0.25, -0.2) is 13.1 Å². The Kier molecular flexibility index (Phi) is 4.28. The van der Waals surface area contributed by atoms with E-state index in [4.69, 9.17) is 4.74 Å². The molecule has 0 amide bonds. The lowest BCUT2D eigenvalue weighted by Gasteiger charge is -2.20. The van der Waals surface area contributed by atoms with Gasteiger partial charge < -0.3 is 9.84 Å². The maximum Gasteiger partial charge on any atom is 0.257 e. The number of ether oxygens (including phenoxy) is 1. The topological polar surface area (TPSA) is 93.5 Å². The Labute approximate surface area is 130 Å². The molecule has 0 aromatic carbocycles. The van der Waals surface area contributed by atoms with Gasteiger partial charge in [0.05, 0.1) is 17.9 Å². The Morgan fingerprint density at radius 3 is 2.91 bits per heavy atom. The first-order valence-electron chi connectivity index (χ1n) is 7.76. The van der Waals surface area contributed by atoms with Crippen LogP contribution in [0, 0.1) is 0 Å². The van der Waals surface area contributed by atoms with E-state index < -0.39 is 15.6 Å². The van der Waals surface area contributed by atoms with Crippen LogP contribution < -0.4 is 4.72 Å². The fraction of sp³-hybridized carbons (Fsp3) is 0.786. The molecule has 2 aliphatic rings. The molecule has 124 valence electrons. The van der Waals surface area contributed by atoms with Gasteiger partial charge in [0, 0.05) is 32.2 Å². The van der Waals surface area contributed by atoms with Crippen LogP contribution in [0.3, 0.4) is 0 Å². The van der Waals surface area contributed by atoms with Crippen LogP contribution in [0.25, 0.3) is 0 Å². The average molecular weight is 329 g/mol. The van der Waals surface area contributed by atoms with Crippen LogP contribution >= 0.6 is 0 Å². The van der Waals surface area contributed by atoms with Crippen LogP contribution in [-0.2, 0) is 34.6 Å². The van der Waals surface area contributed by atoms with Gasteiger partial charge in [0.2, 0.25) is 0 Å². The number of aryl methyl sites for hydroxylation is 2. The smallest absolute Gasteiger partial charge is 0.257 e. The van der Waals surface area contributed by atoms with E-state index in [2.05, 4.69) is 9.82 Å². The van der Waals surface area contributed by atoms with Crippen molar-refractivity contribution in [3.05, 3.63) is 11.3 Å². The van der Waals surface area contributed by atoms with E-state index in [1.165, 1.54) is 4.68 Å². The van der Waals surface area contributed by atoms with E-state index in [9.17, 15) is 13.5 Å². The molecule has 2 N–H and O–H groups in total. The first-order chi connectivity index (χ1) is 10.4. The highest BCUT2D eigenvalue weighted by Crippen LogP contribution is 2.27. The summed E-state index contributed by atoms with van der Waals surface area (Å²) in [6, 6.07) is 0. The molecule has 1 fully saturated rings. The summed E-state index contributed by atoms with van der Waals surface area (Å²) in [6.45, 7) is 0.996. The van der Waals surface area contributed by atoms with Crippen molar-refractivity contribution in [2.75, 3.05) is 19.8 Å². The second-order valence-electron chi connectivity index (χ2n) is 6.24. The van der Waals surface area contributed by atoms with Crippen LogP contribution in [0.2, 0.25) is 0 Å². The number of nitrogens with zero attached hydrogens (tertiary/aromatic N) is 2. The average Bonchev–Trinajstić information content (AvgIpc) is 3.01. The van der Waals surface area contributed by atoms with Gasteiger partial charge in [-0.05, 0) is 32.1 Å². The standard InChI is InChI=1S/C14H23N3O4S/c1-17-13(11-4-2-3-5-12(11)16-17)22(19,20)15-8-6-14(18)7-9-21-10-14/h15,18H,2-10H2,1H3. The van der Waals surface area contributed by atoms with Gasteiger partial charge in [-0.3, -0.25) is 4.68 Å². The predicted molar refractivity (Wildman–Crippen MR) is 80.0 cm³/mol. The monoisotopic (exact) mass is 329 g/mol. The third-order valence-corrected chi connectivity index (χ3v) is 6.08. The molecule has 8 heteroatoms. The lowest BCUT2D eigenvalue weighted by molar-refractivity contribution is 0.0207. The minimum absolute atomic E-state index is 0.197. The molecule has 1 aliphatic carbocycles. The van der Waals surface area contributed by atoms with Crippen LogP contribution in [-0.4, -0.2) is 48.7 Å². The lowest BCUT2D eigenvalue weighted by atomic mass is 9.99. The molecule has 1 aromatic heterocycles. The number of fused-ring (bicyclic) bond motifs is 1. The Hall–Kier alpha value is -0.960. The summed E-state index contributed by atoms with van der Waals surface area (Å²) in [7, 11) is -1.94. The van der Waals surface area contributed by atoms with E-state index in [-0.39, 0.29) is 18.2 Å². The van der Waals surface area contributed by atoms with E-state index in [1.54, 1.807) is 7.05 Å². The quantitative estimate of drug-likeness (QED) is 0.800. The second-order valence-corrected chi connectivity index (χ2v) is 7.92. The third-order valence-electron chi connectivity index (χ3n) is 4.48. The summed E-state index contributed by atoms with van der Waals surface area (Å²) in [5.41, 5.74) is 0.843. The molecule has 1 atom stereocenters. The predicted octanol–water partition coefficient (Wildman–Crippen LogP) is 0.119. The molecule has 0 radical (unpaired) electrons. The molecular formula is C14H23N3O4S. The van der Waals surface area contributed by atoms with Crippen molar-refractivity contribution >= 4 is 10.0 Å². The number of aliphatic hydroxyl groups is 1. The number of sulfonamides is 1. The van der Waals surface area contributed by atoms with Crippen LogP contribution in [0.4, 0.5) is 0 Å². The highest BCUT2D eigenvalue weighted by Gasteiger charge is 2.33. The van der Waals surface area contributed by atoms with Crippen molar-refractivity contribution in [1.82, 2.24) is 14.5 Å². The maximum atomic E-state index is 12.6. The van der Waals surface area contributed by atoms with Crippen LogP contribution in [0.15, 0.2) is 5.03 Å². The lowest BCUT2D eigenvalue weighted by Crippen LogP contribution is -2.36. The van der Waals surface area contributed by atoms with Gasteiger partial charge in [0.25, 0.3) is 10.0 Å². The maximum absolute atomic E-state index is 12.6. The third kappa shape index (κ3) is 3.05. The largest absolute Gasteiger partial charge is 0.387 e. The Morgan fingerprint density at radius 1 is 1.41 bits per heavy atom. The minimum atomic E-state index is -3.61. The van der Waals surface area contributed by atoms with Crippen LogP contribution in [0.1, 0.15) is 36.9 Å². The zero-order valence-electron chi connectivity index (χ0n) is 12.8. The number of nitrogens with one attached hydrogen (secondary N) is 1. The SMILES string of the molecule is Cn1nc2c(c1S(=O)(=O)NCCC1(O)CCOC1)CCCC2.